The van der Waals surface area contributed by atoms with Gasteiger partial charge in [0.2, 0.25) is 0 Å². The molecule has 2 N–H and O–H groups in total. The summed E-state index contributed by atoms with van der Waals surface area (Å²) in [5, 5.41) is 12.8. The first kappa shape index (κ1) is 13.0. The van der Waals surface area contributed by atoms with Crippen LogP contribution in [-0.4, -0.2) is 23.2 Å². The van der Waals surface area contributed by atoms with E-state index in [0.717, 1.165) is 30.8 Å². The molecule has 0 fully saturated rings. The summed E-state index contributed by atoms with van der Waals surface area (Å²) in [7, 11) is 0. The first-order valence-corrected chi connectivity index (χ1v) is 5.93. The minimum absolute atomic E-state index is 0.00280. The summed E-state index contributed by atoms with van der Waals surface area (Å²) in [4.78, 5) is 4.16. The molecule has 0 aliphatic heterocycles. The van der Waals surface area contributed by atoms with Crippen LogP contribution in [0.5, 0.6) is 0 Å². The van der Waals surface area contributed by atoms with Crippen LogP contribution < -0.4 is 5.32 Å². The van der Waals surface area contributed by atoms with Gasteiger partial charge in [0.25, 0.3) is 0 Å². The van der Waals surface area contributed by atoms with Crippen molar-refractivity contribution in [3.8, 4) is 0 Å². The lowest BCUT2D eigenvalue weighted by Gasteiger charge is -2.30. The summed E-state index contributed by atoms with van der Waals surface area (Å²) in [5.74, 6) is 0. The number of hydrogen-bond acceptors (Lipinski definition) is 3. The molecule has 3 heteroatoms. The van der Waals surface area contributed by atoms with Crippen LogP contribution in [0.2, 0.25) is 0 Å². The normalized spacial score (nSPS) is 11.5. The van der Waals surface area contributed by atoms with E-state index in [9.17, 15) is 5.11 Å². The number of aromatic nitrogens is 1. The lowest BCUT2D eigenvalue weighted by Crippen LogP contribution is -2.32. The highest BCUT2D eigenvalue weighted by atomic mass is 16.3. The SMILES string of the molecule is CCC(CC)(CO)CNc1ccnc(C)c1. The Labute approximate surface area is 97.9 Å². The Morgan fingerprint density at radius 2 is 2.06 bits per heavy atom. The number of aliphatic hydroxyl groups excluding tert-OH is 1. The van der Waals surface area contributed by atoms with Crippen LogP contribution in [0.1, 0.15) is 32.4 Å². The fourth-order valence-electron chi connectivity index (χ4n) is 1.72. The lowest BCUT2D eigenvalue weighted by molar-refractivity contribution is 0.127. The number of aryl methyl sites for hydroxylation is 1. The number of rotatable bonds is 6. The minimum Gasteiger partial charge on any atom is -0.396 e. The lowest BCUT2D eigenvalue weighted by atomic mass is 9.83. The fraction of sp³-hybridized carbons (Fsp3) is 0.615. The molecule has 1 heterocycles. The van der Waals surface area contributed by atoms with Crippen molar-refractivity contribution in [1.82, 2.24) is 4.98 Å². The van der Waals surface area contributed by atoms with Crippen molar-refractivity contribution < 1.29 is 5.11 Å². The quantitative estimate of drug-likeness (QED) is 0.777. The van der Waals surface area contributed by atoms with E-state index in [1.807, 2.05) is 19.1 Å². The van der Waals surface area contributed by atoms with Crippen LogP contribution in [0, 0.1) is 12.3 Å². The Balaban J connectivity index is 2.62. The average Bonchev–Trinajstić information content (AvgIpc) is 2.32. The van der Waals surface area contributed by atoms with Gasteiger partial charge in [-0.1, -0.05) is 13.8 Å². The summed E-state index contributed by atoms with van der Waals surface area (Å²) < 4.78 is 0. The van der Waals surface area contributed by atoms with E-state index < -0.39 is 0 Å². The summed E-state index contributed by atoms with van der Waals surface area (Å²) in [6, 6.07) is 3.98. The predicted octanol–water partition coefficient (Wildman–Crippen LogP) is 2.60. The molecule has 0 aliphatic carbocycles. The zero-order valence-corrected chi connectivity index (χ0v) is 10.5. The van der Waals surface area contributed by atoms with E-state index in [4.69, 9.17) is 0 Å². The Hall–Kier alpha value is -1.09. The third-order valence-corrected chi connectivity index (χ3v) is 3.40. The van der Waals surface area contributed by atoms with Gasteiger partial charge in [-0.05, 0) is 31.9 Å². The Morgan fingerprint density at radius 1 is 1.38 bits per heavy atom. The molecule has 1 aromatic heterocycles. The molecular weight excluding hydrogens is 200 g/mol. The molecule has 0 saturated heterocycles. The molecule has 0 saturated carbocycles. The maximum absolute atomic E-state index is 9.46. The van der Waals surface area contributed by atoms with Gasteiger partial charge in [0.15, 0.2) is 0 Å². The standard InChI is InChI=1S/C13H22N2O/c1-4-13(5-2,10-16)9-15-12-6-7-14-11(3)8-12/h6-8,16H,4-5,9-10H2,1-3H3,(H,14,15). The van der Waals surface area contributed by atoms with E-state index in [1.165, 1.54) is 0 Å². The Morgan fingerprint density at radius 3 is 2.56 bits per heavy atom. The van der Waals surface area contributed by atoms with E-state index in [2.05, 4.69) is 24.1 Å². The number of nitrogens with zero attached hydrogens (tertiary/aromatic N) is 1. The van der Waals surface area contributed by atoms with Gasteiger partial charge >= 0.3 is 0 Å². The second-order valence-electron chi connectivity index (χ2n) is 4.40. The number of nitrogens with one attached hydrogen (secondary N) is 1. The van der Waals surface area contributed by atoms with E-state index in [0.29, 0.717) is 0 Å². The molecule has 0 spiro atoms. The minimum atomic E-state index is -0.00280. The van der Waals surface area contributed by atoms with E-state index in [1.54, 1.807) is 6.20 Å². The summed E-state index contributed by atoms with van der Waals surface area (Å²) in [6.45, 7) is 7.26. The second-order valence-corrected chi connectivity index (χ2v) is 4.40. The van der Waals surface area contributed by atoms with Gasteiger partial charge in [0, 0.05) is 29.5 Å². The van der Waals surface area contributed by atoms with Crippen LogP contribution in [0.25, 0.3) is 0 Å². The molecule has 1 rings (SSSR count). The maximum Gasteiger partial charge on any atom is 0.0504 e. The van der Waals surface area contributed by atoms with Crippen LogP contribution >= 0.6 is 0 Å². The average molecular weight is 222 g/mol. The molecule has 0 amide bonds. The first-order valence-electron chi connectivity index (χ1n) is 5.93. The molecule has 0 aliphatic rings. The molecule has 0 bridgehead atoms. The zero-order chi connectivity index (χ0) is 12.0. The van der Waals surface area contributed by atoms with Crippen molar-refractivity contribution in [2.24, 2.45) is 5.41 Å². The van der Waals surface area contributed by atoms with Crippen molar-refractivity contribution in [3.05, 3.63) is 24.0 Å². The smallest absolute Gasteiger partial charge is 0.0504 e. The van der Waals surface area contributed by atoms with Crippen molar-refractivity contribution in [2.75, 3.05) is 18.5 Å². The Kier molecular flexibility index (Phi) is 4.74. The summed E-state index contributed by atoms with van der Waals surface area (Å²) in [6.07, 6.45) is 3.77. The fourth-order valence-corrected chi connectivity index (χ4v) is 1.72. The molecular formula is C13H22N2O. The van der Waals surface area contributed by atoms with E-state index >= 15 is 0 Å². The van der Waals surface area contributed by atoms with Gasteiger partial charge < -0.3 is 10.4 Å². The van der Waals surface area contributed by atoms with Gasteiger partial charge in [-0.3, -0.25) is 4.98 Å². The van der Waals surface area contributed by atoms with Gasteiger partial charge in [0.1, 0.15) is 0 Å². The molecule has 3 nitrogen and oxygen atoms in total. The van der Waals surface area contributed by atoms with Crippen LogP contribution in [0.15, 0.2) is 18.3 Å². The highest BCUT2D eigenvalue weighted by Gasteiger charge is 2.24. The zero-order valence-electron chi connectivity index (χ0n) is 10.5. The van der Waals surface area contributed by atoms with Crippen molar-refractivity contribution in [3.63, 3.8) is 0 Å². The third-order valence-electron chi connectivity index (χ3n) is 3.40. The summed E-state index contributed by atoms with van der Waals surface area (Å²) >= 11 is 0. The highest BCUT2D eigenvalue weighted by Crippen LogP contribution is 2.26. The van der Waals surface area contributed by atoms with Crippen molar-refractivity contribution >= 4 is 5.69 Å². The number of anilines is 1. The monoisotopic (exact) mass is 222 g/mol. The third kappa shape index (κ3) is 3.20. The van der Waals surface area contributed by atoms with Crippen LogP contribution in [0.4, 0.5) is 5.69 Å². The topological polar surface area (TPSA) is 45.1 Å². The molecule has 90 valence electrons. The second kappa shape index (κ2) is 5.85. The van der Waals surface area contributed by atoms with E-state index in [-0.39, 0.29) is 12.0 Å². The molecule has 16 heavy (non-hydrogen) atoms. The van der Waals surface area contributed by atoms with Crippen molar-refractivity contribution in [1.29, 1.82) is 0 Å². The molecule has 1 aromatic rings. The number of hydrogen-bond donors (Lipinski definition) is 2. The van der Waals surface area contributed by atoms with Gasteiger partial charge in [0.05, 0.1) is 6.61 Å². The predicted molar refractivity (Wildman–Crippen MR) is 67.6 cm³/mol. The van der Waals surface area contributed by atoms with Crippen LogP contribution in [-0.2, 0) is 0 Å². The highest BCUT2D eigenvalue weighted by molar-refractivity contribution is 5.43. The number of pyridine rings is 1. The molecule has 0 atom stereocenters. The molecule has 0 radical (unpaired) electrons. The van der Waals surface area contributed by atoms with Gasteiger partial charge in [-0.15, -0.1) is 0 Å². The van der Waals surface area contributed by atoms with Gasteiger partial charge in [-0.25, -0.2) is 0 Å². The molecule has 0 aromatic carbocycles. The largest absolute Gasteiger partial charge is 0.396 e. The van der Waals surface area contributed by atoms with Crippen LogP contribution in [0.3, 0.4) is 0 Å². The molecule has 0 unspecified atom stereocenters. The first-order chi connectivity index (χ1) is 7.65. The maximum atomic E-state index is 9.46. The van der Waals surface area contributed by atoms with Gasteiger partial charge in [-0.2, -0.15) is 0 Å². The van der Waals surface area contributed by atoms with Crippen molar-refractivity contribution in [2.45, 2.75) is 33.6 Å². The summed E-state index contributed by atoms with van der Waals surface area (Å²) in [5.41, 5.74) is 2.08. The number of aliphatic hydroxyl groups is 1. The Bertz CT molecular complexity index is 313.